The van der Waals surface area contributed by atoms with E-state index >= 15 is 0 Å². The van der Waals surface area contributed by atoms with Gasteiger partial charge >= 0.3 is 0 Å². The number of nitro groups is 1. The van der Waals surface area contributed by atoms with E-state index in [1.54, 1.807) is 13.0 Å². The number of benzene rings is 1. The summed E-state index contributed by atoms with van der Waals surface area (Å²) in [6.45, 7) is 1.53. The standard InChI is InChI=1S/C12H13N3O4/c1-12(11(17)14(2)7-10(16)13-12)8-4-3-5-9(6-8)15(18)19/h3-6H,7H2,1-2H3,(H,13,16). The molecule has 0 saturated carbocycles. The van der Waals surface area contributed by atoms with E-state index in [9.17, 15) is 19.7 Å². The average molecular weight is 263 g/mol. The Bertz CT molecular complexity index is 572. The molecule has 7 heteroatoms. The number of hydrogen-bond acceptors (Lipinski definition) is 4. The first-order valence-corrected chi connectivity index (χ1v) is 5.66. The summed E-state index contributed by atoms with van der Waals surface area (Å²) in [5.41, 5.74) is -0.989. The summed E-state index contributed by atoms with van der Waals surface area (Å²) in [5, 5.41) is 13.4. The van der Waals surface area contributed by atoms with Crippen molar-refractivity contribution in [3.8, 4) is 0 Å². The Labute approximate surface area is 109 Å². The molecule has 1 aromatic carbocycles. The van der Waals surface area contributed by atoms with Crippen LogP contribution in [0.4, 0.5) is 5.69 Å². The van der Waals surface area contributed by atoms with Crippen molar-refractivity contribution < 1.29 is 14.5 Å². The van der Waals surface area contributed by atoms with Gasteiger partial charge in [-0.15, -0.1) is 0 Å². The third-order valence-corrected chi connectivity index (χ3v) is 3.18. The summed E-state index contributed by atoms with van der Waals surface area (Å²) >= 11 is 0. The van der Waals surface area contributed by atoms with E-state index in [1.165, 1.54) is 30.1 Å². The summed E-state index contributed by atoms with van der Waals surface area (Å²) < 4.78 is 0. The number of likely N-dealkylation sites (N-methyl/N-ethyl adjacent to an activating group) is 1. The van der Waals surface area contributed by atoms with Crippen LogP contribution in [0, 0.1) is 10.1 Å². The molecule has 2 rings (SSSR count). The van der Waals surface area contributed by atoms with Crippen LogP contribution in [0.1, 0.15) is 12.5 Å². The van der Waals surface area contributed by atoms with Gasteiger partial charge in [-0.3, -0.25) is 19.7 Å². The maximum Gasteiger partial charge on any atom is 0.269 e. The highest BCUT2D eigenvalue weighted by molar-refractivity contribution is 5.98. The molecule has 1 heterocycles. The van der Waals surface area contributed by atoms with Crippen LogP contribution in [-0.4, -0.2) is 35.2 Å². The van der Waals surface area contributed by atoms with Gasteiger partial charge in [0.25, 0.3) is 11.6 Å². The molecule has 1 aliphatic heterocycles. The molecule has 19 heavy (non-hydrogen) atoms. The molecule has 1 aliphatic rings. The molecule has 0 aromatic heterocycles. The minimum Gasteiger partial charge on any atom is -0.337 e. The molecular weight excluding hydrogens is 250 g/mol. The Kier molecular flexibility index (Phi) is 2.97. The van der Waals surface area contributed by atoms with Crippen LogP contribution in [0.15, 0.2) is 24.3 Å². The fourth-order valence-electron chi connectivity index (χ4n) is 2.17. The number of hydrogen-bond donors (Lipinski definition) is 1. The molecular formula is C12H13N3O4. The number of carbonyl (C=O) groups is 2. The van der Waals surface area contributed by atoms with E-state index in [-0.39, 0.29) is 24.0 Å². The molecule has 1 saturated heterocycles. The second kappa shape index (κ2) is 4.34. The van der Waals surface area contributed by atoms with Gasteiger partial charge in [0.15, 0.2) is 0 Å². The number of non-ortho nitro benzene ring substituents is 1. The summed E-state index contributed by atoms with van der Waals surface area (Å²) in [5.74, 6) is -0.594. The van der Waals surface area contributed by atoms with Crippen molar-refractivity contribution in [2.24, 2.45) is 0 Å². The van der Waals surface area contributed by atoms with Gasteiger partial charge in [0.2, 0.25) is 5.91 Å². The monoisotopic (exact) mass is 263 g/mol. The van der Waals surface area contributed by atoms with E-state index in [2.05, 4.69) is 5.32 Å². The van der Waals surface area contributed by atoms with Gasteiger partial charge in [-0.25, -0.2) is 0 Å². The Hall–Kier alpha value is -2.44. The van der Waals surface area contributed by atoms with Gasteiger partial charge in [0.05, 0.1) is 11.5 Å². The fourth-order valence-corrected chi connectivity index (χ4v) is 2.17. The molecule has 1 atom stereocenters. The van der Waals surface area contributed by atoms with Crippen molar-refractivity contribution in [1.82, 2.24) is 10.2 Å². The van der Waals surface area contributed by atoms with E-state index in [0.29, 0.717) is 5.56 Å². The molecule has 7 nitrogen and oxygen atoms in total. The van der Waals surface area contributed by atoms with Gasteiger partial charge < -0.3 is 10.2 Å². The van der Waals surface area contributed by atoms with Gasteiger partial charge in [0, 0.05) is 19.2 Å². The number of amides is 2. The van der Waals surface area contributed by atoms with Crippen LogP contribution in [-0.2, 0) is 15.1 Å². The van der Waals surface area contributed by atoms with Crippen molar-refractivity contribution in [1.29, 1.82) is 0 Å². The van der Waals surface area contributed by atoms with Crippen molar-refractivity contribution in [2.45, 2.75) is 12.5 Å². The van der Waals surface area contributed by atoms with Crippen LogP contribution in [0.2, 0.25) is 0 Å². The van der Waals surface area contributed by atoms with Gasteiger partial charge in [-0.05, 0) is 12.5 Å². The van der Waals surface area contributed by atoms with E-state index in [4.69, 9.17) is 0 Å². The molecule has 0 spiro atoms. The van der Waals surface area contributed by atoms with Crippen LogP contribution >= 0.6 is 0 Å². The predicted molar refractivity (Wildman–Crippen MR) is 66.2 cm³/mol. The summed E-state index contributed by atoms with van der Waals surface area (Å²) in [7, 11) is 1.52. The van der Waals surface area contributed by atoms with Gasteiger partial charge in [-0.1, -0.05) is 12.1 Å². The first-order chi connectivity index (χ1) is 8.84. The van der Waals surface area contributed by atoms with Crippen molar-refractivity contribution in [2.75, 3.05) is 13.6 Å². The van der Waals surface area contributed by atoms with E-state index < -0.39 is 10.5 Å². The quantitative estimate of drug-likeness (QED) is 0.617. The lowest BCUT2D eigenvalue weighted by Gasteiger charge is -2.38. The number of nitrogens with one attached hydrogen (secondary N) is 1. The van der Waals surface area contributed by atoms with Crippen LogP contribution in [0.25, 0.3) is 0 Å². The van der Waals surface area contributed by atoms with E-state index in [0.717, 1.165) is 0 Å². The fraction of sp³-hybridized carbons (Fsp3) is 0.333. The normalized spacial score (nSPS) is 23.2. The van der Waals surface area contributed by atoms with Crippen LogP contribution in [0.5, 0.6) is 0 Å². The van der Waals surface area contributed by atoms with Crippen molar-refractivity contribution >= 4 is 17.5 Å². The van der Waals surface area contributed by atoms with Crippen molar-refractivity contribution in [3.05, 3.63) is 39.9 Å². The number of nitro benzene ring substituents is 1. The summed E-state index contributed by atoms with van der Waals surface area (Å²) in [4.78, 5) is 35.3. The highest BCUT2D eigenvalue weighted by atomic mass is 16.6. The zero-order chi connectivity index (χ0) is 14.2. The lowest BCUT2D eigenvalue weighted by molar-refractivity contribution is -0.385. The summed E-state index contributed by atoms with van der Waals surface area (Å²) in [6, 6.07) is 5.72. The van der Waals surface area contributed by atoms with Crippen molar-refractivity contribution in [3.63, 3.8) is 0 Å². The lowest BCUT2D eigenvalue weighted by atomic mass is 9.88. The third kappa shape index (κ3) is 2.14. The third-order valence-electron chi connectivity index (χ3n) is 3.18. The smallest absolute Gasteiger partial charge is 0.269 e. The zero-order valence-electron chi connectivity index (χ0n) is 10.5. The maximum absolute atomic E-state index is 12.2. The molecule has 0 aliphatic carbocycles. The van der Waals surface area contributed by atoms with Gasteiger partial charge in [-0.2, -0.15) is 0 Å². The highest BCUT2D eigenvalue weighted by Gasteiger charge is 2.43. The second-order valence-corrected chi connectivity index (χ2v) is 4.64. The number of carbonyl (C=O) groups excluding carboxylic acids is 2. The molecule has 2 amide bonds. The number of rotatable bonds is 2. The van der Waals surface area contributed by atoms with Crippen LogP contribution < -0.4 is 5.32 Å². The molecule has 1 unspecified atom stereocenters. The Morgan fingerprint density at radius 3 is 2.74 bits per heavy atom. The van der Waals surface area contributed by atoms with E-state index in [1.807, 2.05) is 0 Å². The highest BCUT2D eigenvalue weighted by Crippen LogP contribution is 2.28. The Balaban J connectivity index is 2.48. The molecule has 100 valence electrons. The molecule has 1 fully saturated rings. The molecule has 0 bridgehead atoms. The predicted octanol–water partition coefficient (Wildman–Crippen LogP) is 0.398. The zero-order valence-corrected chi connectivity index (χ0v) is 10.5. The second-order valence-electron chi connectivity index (χ2n) is 4.64. The Morgan fingerprint density at radius 2 is 2.11 bits per heavy atom. The van der Waals surface area contributed by atoms with Crippen LogP contribution in [0.3, 0.4) is 0 Å². The molecule has 1 N–H and O–H groups in total. The molecule has 1 aromatic rings. The Morgan fingerprint density at radius 1 is 1.42 bits per heavy atom. The average Bonchev–Trinajstić information content (AvgIpc) is 2.36. The minimum atomic E-state index is -1.27. The lowest BCUT2D eigenvalue weighted by Crippen LogP contribution is -2.62. The first kappa shape index (κ1) is 13.0. The number of nitrogens with zero attached hydrogens (tertiary/aromatic N) is 2. The largest absolute Gasteiger partial charge is 0.337 e. The SMILES string of the molecule is CN1CC(=O)NC(C)(c2cccc([N+](=O)[O-])c2)C1=O. The minimum absolute atomic E-state index is 0.0106. The first-order valence-electron chi connectivity index (χ1n) is 5.66. The topological polar surface area (TPSA) is 92.6 Å². The molecule has 0 radical (unpaired) electrons. The maximum atomic E-state index is 12.2. The summed E-state index contributed by atoms with van der Waals surface area (Å²) in [6.07, 6.45) is 0. The van der Waals surface area contributed by atoms with Gasteiger partial charge in [0.1, 0.15) is 5.54 Å². The number of piperazine rings is 1.